The molecule has 2 nitrogen and oxygen atoms in total. The molecule has 0 atom stereocenters. The van der Waals surface area contributed by atoms with Crippen LogP contribution in [0.5, 0.6) is 0 Å². The van der Waals surface area contributed by atoms with Gasteiger partial charge in [0, 0.05) is 11.1 Å². The van der Waals surface area contributed by atoms with Gasteiger partial charge in [-0.25, -0.2) is 0 Å². The zero-order valence-corrected chi connectivity index (χ0v) is 21.1. The summed E-state index contributed by atoms with van der Waals surface area (Å²) in [6, 6.07) is 11.6. The van der Waals surface area contributed by atoms with Gasteiger partial charge in [-0.15, -0.1) is 0 Å². The minimum Gasteiger partial charge on any atom is -0.289 e. The third kappa shape index (κ3) is 8.09. The lowest BCUT2D eigenvalue weighted by molar-refractivity contribution is 0.103. The molecule has 0 heterocycles. The Balaban J connectivity index is 2.41. The molecule has 0 saturated heterocycles. The first-order chi connectivity index (χ1) is 16.5. The van der Waals surface area contributed by atoms with Gasteiger partial charge in [-0.3, -0.25) is 9.59 Å². The highest BCUT2D eigenvalue weighted by Gasteiger charge is 2.15. The average Bonchev–Trinajstić information content (AvgIpc) is 2.87. The molecule has 0 aliphatic heterocycles. The van der Waals surface area contributed by atoms with Crippen LogP contribution in [0.1, 0.15) is 108 Å². The van der Waals surface area contributed by atoms with Crippen LogP contribution in [0.4, 0.5) is 0 Å². The SMILES string of the molecule is C=CC(=O)c1ccc(C=Cc2ccc(C(=O)C=C)c(CCCCCC)c2CCCCCC)cc1. The largest absolute Gasteiger partial charge is 0.289 e. The standard InChI is InChI=1S/C32H40O2/c1-5-9-11-13-15-28-26(20-17-25-18-21-27(22-19-25)31(33)7-3)23-24-30(32(34)8-4)29(28)16-14-12-10-6-2/h7-8,17-24H,3-6,9-16H2,1-2H3. The highest BCUT2D eigenvalue weighted by molar-refractivity contribution is 6.06. The molecule has 0 aliphatic carbocycles. The first-order valence-corrected chi connectivity index (χ1v) is 12.8. The van der Waals surface area contributed by atoms with E-state index in [1.165, 1.54) is 67.4 Å². The van der Waals surface area contributed by atoms with E-state index < -0.39 is 0 Å². The maximum Gasteiger partial charge on any atom is 0.185 e. The molecule has 180 valence electrons. The summed E-state index contributed by atoms with van der Waals surface area (Å²) in [5.41, 5.74) is 6.16. The van der Waals surface area contributed by atoms with Crippen LogP contribution >= 0.6 is 0 Å². The Hall–Kier alpha value is -3.00. The van der Waals surface area contributed by atoms with Gasteiger partial charge >= 0.3 is 0 Å². The molecule has 0 aromatic heterocycles. The van der Waals surface area contributed by atoms with Crippen molar-refractivity contribution in [2.75, 3.05) is 0 Å². The Morgan fingerprint density at radius 2 is 1.26 bits per heavy atom. The fraction of sp³-hybridized carbons (Fsp3) is 0.375. The van der Waals surface area contributed by atoms with Crippen molar-refractivity contribution in [2.24, 2.45) is 0 Å². The van der Waals surface area contributed by atoms with Crippen molar-refractivity contribution >= 4 is 23.7 Å². The van der Waals surface area contributed by atoms with Crippen LogP contribution in [0.2, 0.25) is 0 Å². The van der Waals surface area contributed by atoms with Gasteiger partial charge in [0.05, 0.1) is 0 Å². The molecule has 2 aromatic carbocycles. The van der Waals surface area contributed by atoms with E-state index in [0.717, 1.165) is 36.8 Å². The molecular weight excluding hydrogens is 416 g/mol. The summed E-state index contributed by atoms with van der Waals surface area (Å²) >= 11 is 0. The van der Waals surface area contributed by atoms with E-state index in [1.807, 2.05) is 30.3 Å². The van der Waals surface area contributed by atoms with Crippen molar-refractivity contribution in [1.29, 1.82) is 0 Å². The zero-order valence-electron chi connectivity index (χ0n) is 21.1. The minimum absolute atomic E-state index is 0.0123. The topological polar surface area (TPSA) is 34.1 Å². The lowest BCUT2D eigenvalue weighted by Gasteiger charge is -2.17. The number of rotatable bonds is 16. The molecule has 0 unspecified atom stereocenters. The lowest BCUT2D eigenvalue weighted by Crippen LogP contribution is -2.07. The first-order valence-electron chi connectivity index (χ1n) is 12.8. The maximum atomic E-state index is 12.7. The van der Waals surface area contributed by atoms with Crippen LogP contribution in [0.25, 0.3) is 12.2 Å². The molecule has 0 spiro atoms. The number of benzene rings is 2. The molecule has 34 heavy (non-hydrogen) atoms. The second kappa shape index (κ2) is 15.0. The monoisotopic (exact) mass is 456 g/mol. The van der Waals surface area contributed by atoms with E-state index in [9.17, 15) is 9.59 Å². The highest BCUT2D eigenvalue weighted by Crippen LogP contribution is 2.27. The molecule has 2 heteroatoms. The molecule has 0 N–H and O–H groups in total. The summed E-state index contributed by atoms with van der Waals surface area (Å²) in [6.45, 7) is 11.7. The number of carbonyl (C=O) groups excluding carboxylic acids is 2. The summed E-state index contributed by atoms with van der Waals surface area (Å²) in [7, 11) is 0. The third-order valence-corrected chi connectivity index (χ3v) is 6.31. The summed E-state index contributed by atoms with van der Waals surface area (Å²) in [5.74, 6) is -0.0570. The normalized spacial score (nSPS) is 11.0. The fourth-order valence-electron chi connectivity index (χ4n) is 4.31. The Labute approximate surface area is 206 Å². The molecule has 2 rings (SSSR count). The average molecular weight is 457 g/mol. The van der Waals surface area contributed by atoms with Crippen molar-refractivity contribution in [3.63, 3.8) is 0 Å². The van der Waals surface area contributed by atoms with Gasteiger partial charge in [-0.2, -0.15) is 0 Å². The highest BCUT2D eigenvalue weighted by atomic mass is 16.1. The molecule has 2 aromatic rings. The van der Waals surface area contributed by atoms with Crippen LogP contribution < -0.4 is 0 Å². The fourth-order valence-corrected chi connectivity index (χ4v) is 4.31. The summed E-state index contributed by atoms with van der Waals surface area (Å²) in [4.78, 5) is 24.5. The second-order valence-electron chi connectivity index (χ2n) is 8.87. The third-order valence-electron chi connectivity index (χ3n) is 6.31. The van der Waals surface area contributed by atoms with Crippen molar-refractivity contribution in [3.8, 4) is 0 Å². The van der Waals surface area contributed by atoms with Crippen LogP contribution in [-0.4, -0.2) is 11.6 Å². The van der Waals surface area contributed by atoms with Gasteiger partial charge in [-0.05, 0) is 60.1 Å². The molecule has 0 fully saturated rings. The van der Waals surface area contributed by atoms with Gasteiger partial charge in [0.2, 0.25) is 0 Å². The van der Waals surface area contributed by atoms with Gasteiger partial charge in [-0.1, -0.05) is 114 Å². The van der Waals surface area contributed by atoms with Gasteiger partial charge in [0.25, 0.3) is 0 Å². The molecule has 0 amide bonds. The number of ketones is 2. The minimum atomic E-state index is -0.0694. The Bertz CT molecular complexity index is 992. The van der Waals surface area contributed by atoms with Gasteiger partial charge in [0.15, 0.2) is 11.6 Å². The Kier molecular flexibility index (Phi) is 12.0. The lowest BCUT2D eigenvalue weighted by atomic mass is 9.87. The number of allylic oxidation sites excluding steroid dienone is 2. The molecule has 0 radical (unpaired) electrons. The molecule has 0 saturated carbocycles. The van der Waals surface area contributed by atoms with Crippen LogP contribution in [-0.2, 0) is 12.8 Å². The molecule has 0 bridgehead atoms. The Morgan fingerprint density at radius 1 is 0.676 bits per heavy atom. The summed E-state index contributed by atoms with van der Waals surface area (Å²) in [6.07, 6.45) is 18.4. The first kappa shape index (κ1) is 27.2. The number of hydrogen-bond donors (Lipinski definition) is 0. The molecule has 0 aliphatic rings. The van der Waals surface area contributed by atoms with Gasteiger partial charge in [0.1, 0.15) is 0 Å². The van der Waals surface area contributed by atoms with E-state index in [1.54, 1.807) is 0 Å². The van der Waals surface area contributed by atoms with Crippen molar-refractivity contribution < 1.29 is 9.59 Å². The van der Waals surface area contributed by atoms with Crippen molar-refractivity contribution in [3.05, 3.63) is 95.1 Å². The predicted molar refractivity (Wildman–Crippen MR) is 147 cm³/mol. The Morgan fingerprint density at radius 3 is 1.82 bits per heavy atom. The van der Waals surface area contributed by atoms with Crippen LogP contribution in [0, 0.1) is 0 Å². The van der Waals surface area contributed by atoms with Crippen LogP contribution in [0.3, 0.4) is 0 Å². The number of hydrogen-bond acceptors (Lipinski definition) is 2. The smallest absolute Gasteiger partial charge is 0.185 e. The number of carbonyl (C=O) groups is 2. The van der Waals surface area contributed by atoms with Gasteiger partial charge < -0.3 is 0 Å². The summed E-state index contributed by atoms with van der Waals surface area (Å²) < 4.78 is 0. The zero-order chi connectivity index (χ0) is 24.8. The quantitative estimate of drug-likeness (QED) is 0.109. The van der Waals surface area contributed by atoms with Crippen molar-refractivity contribution in [2.45, 2.75) is 78.1 Å². The van der Waals surface area contributed by atoms with E-state index in [-0.39, 0.29) is 11.6 Å². The van der Waals surface area contributed by atoms with E-state index in [4.69, 9.17) is 0 Å². The second-order valence-corrected chi connectivity index (χ2v) is 8.87. The van der Waals surface area contributed by atoms with Crippen LogP contribution in [0.15, 0.2) is 61.7 Å². The number of unbranched alkanes of at least 4 members (excludes halogenated alkanes) is 6. The molecular formula is C32H40O2. The van der Waals surface area contributed by atoms with E-state index >= 15 is 0 Å². The van der Waals surface area contributed by atoms with E-state index in [0.29, 0.717) is 5.56 Å². The van der Waals surface area contributed by atoms with E-state index in [2.05, 4.69) is 45.2 Å². The maximum absolute atomic E-state index is 12.7. The summed E-state index contributed by atoms with van der Waals surface area (Å²) in [5, 5.41) is 0. The van der Waals surface area contributed by atoms with Crippen molar-refractivity contribution in [1.82, 2.24) is 0 Å². The predicted octanol–water partition coefficient (Wildman–Crippen LogP) is 8.84.